The van der Waals surface area contributed by atoms with Crippen molar-refractivity contribution in [2.45, 2.75) is 19.8 Å². The third-order valence-electron chi connectivity index (χ3n) is 2.22. The van der Waals surface area contributed by atoms with Crippen molar-refractivity contribution < 1.29 is 9.53 Å². The largest absolute Gasteiger partial charge is 0.466 e. The SMILES string of the molecule is CCOC(=O)Cc1ccc(C=CCCBr)cc1. The fraction of sp³-hybridized carbons (Fsp3) is 0.357. The molecule has 0 heterocycles. The minimum Gasteiger partial charge on any atom is -0.466 e. The van der Waals surface area contributed by atoms with Crippen molar-refractivity contribution in [3.8, 4) is 0 Å². The molecule has 0 fully saturated rings. The number of carbonyl (C=O) groups excluding carboxylic acids is 1. The Kier molecular flexibility index (Phi) is 6.63. The van der Waals surface area contributed by atoms with Gasteiger partial charge in [-0.15, -0.1) is 0 Å². The summed E-state index contributed by atoms with van der Waals surface area (Å²) in [6.07, 6.45) is 5.56. The van der Waals surface area contributed by atoms with E-state index in [0.717, 1.165) is 22.9 Å². The summed E-state index contributed by atoms with van der Waals surface area (Å²) in [5, 5.41) is 0.977. The normalized spacial score (nSPS) is 10.7. The second-order valence-corrected chi connectivity index (χ2v) is 4.40. The number of benzene rings is 1. The van der Waals surface area contributed by atoms with E-state index in [0.29, 0.717) is 13.0 Å². The lowest BCUT2D eigenvalue weighted by Gasteiger charge is -2.02. The molecule has 0 unspecified atom stereocenters. The summed E-state index contributed by atoms with van der Waals surface area (Å²) in [5.41, 5.74) is 2.14. The number of hydrogen-bond acceptors (Lipinski definition) is 2. The first-order valence-corrected chi connectivity index (χ1v) is 6.85. The molecule has 0 saturated carbocycles. The number of rotatable bonds is 6. The third-order valence-corrected chi connectivity index (χ3v) is 2.68. The smallest absolute Gasteiger partial charge is 0.310 e. The number of ether oxygens (including phenoxy) is 1. The number of alkyl halides is 1. The standard InChI is InChI=1S/C14H17BrO2/c1-2-17-14(16)11-13-8-6-12(7-9-13)5-3-4-10-15/h3,5-9H,2,4,10-11H2,1H3. The van der Waals surface area contributed by atoms with Crippen molar-refractivity contribution >= 4 is 28.0 Å². The highest BCUT2D eigenvalue weighted by Gasteiger charge is 2.02. The molecule has 92 valence electrons. The van der Waals surface area contributed by atoms with Crippen LogP contribution in [0.2, 0.25) is 0 Å². The van der Waals surface area contributed by atoms with Gasteiger partial charge in [0.2, 0.25) is 0 Å². The maximum atomic E-state index is 11.3. The molecule has 0 N–H and O–H groups in total. The molecule has 1 rings (SSSR count). The van der Waals surface area contributed by atoms with Crippen LogP contribution in [-0.2, 0) is 16.0 Å². The molecule has 0 saturated heterocycles. The van der Waals surface area contributed by atoms with Crippen LogP contribution in [0.15, 0.2) is 30.3 Å². The van der Waals surface area contributed by atoms with E-state index in [-0.39, 0.29) is 5.97 Å². The minimum absolute atomic E-state index is 0.171. The van der Waals surface area contributed by atoms with Gasteiger partial charge in [-0.2, -0.15) is 0 Å². The van der Waals surface area contributed by atoms with E-state index in [4.69, 9.17) is 4.74 Å². The second-order valence-electron chi connectivity index (χ2n) is 3.60. The van der Waals surface area contributed by atoms with Crippen molar-refractivity contribution in [3.63, 3.8) is 0 Å². The zero-order valence-corrected chi connectivity index (χ0v) is 11.6. The number of carbonyl (C=O) groups is 1. The van der Waals surface area contributed by atoms with Gasteiger partial charge in [0.1, 0.15) is 0 Å². The predicted molar refractivity (Wildman–Crippen MR) is 74.2 cm³/mol. The minimum atomic E-state index is -0.171. The van der Waals surface area contributed by atoms with Crippen LogP contribution < -0.4 is 0 Å². The van der Waals surface area contributed by atoms with Crippen molar-refractivity contribution in [2.24, 2.45) is 0 Å². The predicted octanol–water partition coefficient (Wildman–Crippen LogP) is 3.59. The Morgan fingerprint density at radius 1 is 1.35 bits per heavy atom. The Morgan fingerprint density at radius 2 is 2.06 bits per heavy atom. The van der Waals surface area contributed by atoms with E-state index in [2.05, 4.69) is 28.1 Å². The van der Waals surface area contributed by atoms with E-state index >= 15 is 0 Å². The zero-order valence-electron chi connectivity index (χ0n) is 9.99. The van der Waals surface area contributed by atoms with Crippen LogP contribution >= 0.6 is 15.9 Å². The molecular weight excluding hydrogens is 280 g/mol. The van der Waals surface area contributed by atoms with E-state index in [1.807, 2.05) is 31.2 Å². The Morgan fingerprint density at radius 3 is 2.65 bits per heavy atom. The molecule has 0 atom stereocenters. The highest BCUT2D eigenvalue weighted by Crippen LogP contribution is 2.08. The van der Waals surface area contributed by atoms with Crippen LogP contribution in [0.3, 0.4) is 0 Å². The first-order valence-electron chi connectivity index (χ1n) is 5.73. The Bertz CT molecular complexity index is 368. The van der Waals surface area contributed by atoms with Crippen molar-refractivity contribution in [1.29, 1.82) is 0 Å². The first-order chi connectivity index (χ1) is 8.26. The average Bonchev–Trinajstić information content (AvgIpc) is 2.32. The summed E-state index contributed by atoms with van der Waals surface area (Å²) in [6.45, 7) is 2.25. The molecule has 0 bridgehead atoms. The summed E-state index contributed by atoms with van der Waals surface area (Å²) in [5.74, 6) is -0.171. The van der Waals surface area contributed by atoms with Crippen molar-refractivity contribution in [1.82, 2.24) is 0 Å². The van der Waals surface area contributed by atoms with Gasteiger partial charge < -0.3 is 4.74 Å². The van der Waals surface area contributed by atoms with E-state index in [1.165, 1.54) is 0 Å². The van der Waals surface area contributed by atoms with E-state index < -0.39 is 0 Å². The summed E-state index contributed by atoms with van der Waals surface area (Å²) in [4.78, 5) is 11.3. The maximum absolute atomic E-state index is 11.3. The van der Waals surface area contributed by atoms with Gasteiger partial charge in [0.15, 0.2) is 0 Å². The van der Waals surface area contributed by atoms with Gasteiger partial charge in [-0.25, -0.2) is 0 Å². The fourth-order valence-corrected chi connectivity index (χ4v) is 1.67. The van der Waals surface area contributed by atoms with Gasteiger partial charge >= 0.3 is 5.97 Å². The zero-order chi connectivity index (χ0) is 12.5. The Hall–Kier alpha value is -1.09. The molecular formula is C14H17BrO2. The number of allylic oxidation sites excluding steroid dienone is 1. The lowest BCUT2D eigenvalue weighted by molar-refractivity contribution is -0.142. The molecule has 0 aliphatic heterocycles. The van der Waals surface area contributed by atoms with Gasteiger partial charge in [-0.05, 0) is 24.5 Å². The molecule has 17 heavy (non-hydrogen) atoms. The van der Waals surface area contributed by atoms with Gasteiger partial charge in [0.25, 0.3) is 0 Å². The molecule has 1 aromatic carbocycles. The Labute approximate surface area is 111 Å². The number of halogens is 1. The Balaban J connectivity index is 2.52. The van der Waals surface area contributed by atoms with Gasteiger partial charge in [0, 0.05) is 5.33 Å². The molecule has 0 aromatic heterocycles. The van der Waals surface area contributed by atoms with Crippen LogP contribution in [0, 0.1) is 0 Å². The third kappa shape index (κ3) is 5.68. The van der Waals surface area contributed by atoms with E-state index in [9.17, 15) is 4.79 Å². The fourth-order valence-electron chi connectivity index (χ4n) is 1.41. The lowest BCUT2D eigenvalue weighted by atomic mass is 10.1. The maximum Gasteiger partial charge on any atom is 0.310 e. The molecule has 0 amide bonds. The molecule has 1 aromatic rings. The number of hydrogen-bond donors (Lipinski definition) is 0. The monoisotopic (exact) mass is 296 g/mol. The van der Waals surface area contributed by atoms with Crippen molar-refractivity contribution in [2.75, 3.05) is 11.9 Å². The summed E-state index contributed by atoms with van der Waals surface area (Å²) in [6, 6.07) is 7.95. The van der Waals surface area contributed by atoms with Crippen LogP contribution in [-0.4, -0.2) is 17.9 Å². The molecule has 0 aliphatic rings. The average molecular weight is 297 g/mol. The highest BCUT2D eigenvalue weighted by molar-refractivity contribution is 9.09. The van der Waals surface area contributed by atoms with Crippen molar-refractivity contribution in [3.05, 3.63) is 41.5 Å². The van der Waals surface area contributed by atoms with E-state index in [1.54, 1.807) is 0 Å². The summed E-state index contributed by atoms with van der Waals surface area (Å²) < 4.78 is 4.90. The molecule has 3 heteroatoms. The topological polar surface area (TPSA) is 26.3 Å². The number of esters is 1. The molecule has 0 aliphatic carbocycles. The molecule has 0 spiro atoms. The quantitative estimate of drug-likeness (QED) is 0.592. The van der Waals surface area contributed by atoms with Crippen LogP contribution in [0.5, 0.6) is 0 Å². The van der Waals surface area contributed by atoms with Crippen LogP contribution in [0.25, 0.3) is 6.08 Å². The highest BCUT2D eigenvalue weighted by atomic mass is 79.9. The van der Waals surface area contributed by atoms with Gasteiger partial charge in [0.05, 0.1) is 13.0 Å². The van der Waals surface area contributed by atoms with Gasteiger partial charge in [-0.1, -0.05) is 52.3 Å². The molecule has 2 nitrogen and oxygen atoms in total. The van der Waals surface area contributed by atoms with Gasteiger partial charge in [-0.3, -0.25) is 4.79 Å². The molecule has 0 radical (unpaired) electrons. The summed E-state index contributed by atoms with van der Waals surface area (Å²) >= 11 is 3.37. The lowest BCUT2D eigenvalue weighted by Crippen LogP contribution is -2.07. The van der Waals surface area contributed by atoms with Crippen LogP contribution in [0.4, 0.5) is 0 Å². The first kappa shape index (κ1) is 14.0. The van der Waals surface area contributed by atoms with Crippen LogP contribution in [0.1, 0.15) is 24.5 Å². The summed E-state index contributed by atoms with van der Waals surface area (Å²) in [7, 11) is 0. The second kappa shape index (κ2) is 8.07.